The predicted octanol–water partition coefficient (Wildman–Crippen LogP) is 0.461. The molecule has 0 atom stereocenters. The fourth-order valence-corrected chi connectivity index (χ4v) is 1.97. The minimum atomic E-state index is -0.350. The van der Waals surface area contributed by atoms with Crippen LogP contribution in [-0.2, 0) is 0 Å². The Bertz CT molecular complexity index is 485. The molecule has 5 heteroatoms. The second-order valence-electron chi connectivity index (χ2n) is 6.14. The SMILES string of the molecule is CC[N+](C)(C)c1ccc(OC(=O)N(C)C)cc1C(C)C.[I-]. The number of nitrogens with zero attached hydrogens (tertiary/aromatic N) is 2. The van der Waals surface area contributed by atoms with E-state index in [1.54, 1.807) is 14.1 Å². The summed E-state index contributed by atoms with van der Waals surface area (Å²) in [6.45, 7) is 7.50. The van der Waals surface area contributed by atoms with Gasteiger partial charge in [0.15, 0.2) is 0 Å². The number of hydrogen-bond acceptors (Lipinski definition) is 2. The molecule has 0 aliphatic carbocycles. The average molecular weight is 406 g/mol. The van der Waals surface area contributed by atoms with E-state index in [2.05, 4.69) is 40.9 Å². The molecule has 0 unspecified atom stereocenters. The maximum Gasteiger partial charge on any atom is 0.414 e. The second kappa shape index (κ2) is 7.98. The van der Waals surface area contributed by atoms with E-state index in [0.717, 1.165) is 11.0 Å². The van der Waals surface area contributed by atoms with Crippen molar-refractivity contribution in [2.45, 2.75) is 26.7 Å². The van der Waals surface area contributed by atoms with E-state index in [4.69, 9.17) is 4.74 Å². The van der Waals surface area contributed by atoms with Gasteiger partial charge in [0.2, 0.25) is 0 Å². The minimum Gasteiger partial charge on any atom is -1.00 e. The van der Waals surface area contributed by atoms with Gasteiger partial charge in [0.25, 0.3) is 0 Å². The number of carbonyl (C=O) groups is 1. The van der Waals surface area contributed by atoms with Crippen LogP contribution in [0.3, 0.4) is 0 Å². The number of amides is 1. The molecule has 0 aromatic heterocycles. The van der Waals surface area contributed by atoms with Crippen molar-refractivity contribution in [2.75, 3.05) is 34.7 Å². The van der Waals surface area contributed by atoms with Crippen LogP contribution in [0, 0.1) is 0 Å². The molecule has 1 rings (SSSR count). The van der Waals surface area contributed by atoms with Crippen LogP contribution < -0.4 is 33.2 Å². The lowest BCUT2D eigenvalue weighted by molar-refractivity contribution is -0.00000966. The molecular formula is C16H27IN2O2. The maximum absolute atomic E-state index is 11.6. The number of hydrogen-bond donors (Lipinski definition) is 0. The first-order valence-electron chi connectivity index (χ1n) is 7.05. The molecule has 0 saturated carbocycles. The summed E-state index contributed by atoms with van der Waals surface area (Å²) in [5, 5.41) is 0. The van der Waals surface area contributed by atoms with E-state index in [1.807, 2.05) is 12.1 Å². The molecule has 0 aliphatic rings. The molecule has 0 bridgehead atoms. The highest BCUT2D eigenvalue weighted by molar-refractivity contribution is 5.70. The van der Waals surface area contributed by atoms with Gasteiger partial charge in [-0.1, -0.05) is 13.8 Å². The van der Waals surface area contributed by atoms with E-state index in [1.165, 1.54) is 16.2 Å². The quantitative estimate of drug-likeness (QED) is 0.537. The first-order chi connectivity index (χ1) is 9.19. The van der Waals surface area contributed by atoms with E-state index < -0.39 is 0 Å². The number of benzene rings is 1. The lowest BCUT2D eigenvalue weighted by Gasteiger charge is -2.31. The summed E-state index contributed by atoms with van der Waals surface area (Å²) >= 11 is 0. The summed E-state index contributed by atoms with van der Waals surface area (Å²) in [6, 6.07) is 5.92. The molecule has 0 spiro atoms. The summed E-state index contributed by atoms with van der Waals surface area (Å²) in [4.78, 5) is 13.1. The Labute approximate surface area is 145 Å². The van der Waals surface area contributed by atoms with Gasteiger partial charge in [0, 0.05) is 25.7 Å². The molecule has 0 heterocycles. The summed E-state index contributed by atoms with van der Waals surface area (Å²) in [7, 11) is 7.73. The number of rotatable bonds is 4. The molecule has 0 saturated heterocycles. The van der Waals surface area contributed by atoms with Gasteiger partial charge in [0.05, 0.1) is 20.6 Å². The molecule has 21 heavy (non-hydrogen) atoms. The Kier molecular flexibility index (Phi) is 7.67. The Balaban J connectivity index is 0.00000400. The van der Waals surface area contributed by atoms with Crippen molar-refractivity contribution >= 4 is 11.8 Å². The zero-order valence-corrected chi connectivity index (χ0v) is 16.3. The average Bonchev–Trinajstić information content (AvgIpc) is 2.38. The van der Waals surface area contributed by atoms with Crippen LogP contribution in [0.25, 0.3) is 0 Å². The van der Waals surface area contributed by atoms with Gasteiger partial charge in [-0.05, 0) is 25.0 Å². The predicted molar refractivity (Wildman–Crippen MR) is 84.4 cm³/mol. The van der Waals surface area contributed by atoms with Crippen LogP contribution in [0.2, 0.25) is 0 Å². The number of quaternary nitrogens is 1. The minimum absolute atomic E-state index is 0. The third kappa shape index (κ3) is 5.14. The maximum atomic E-state index is 11.6. The first-order valence-corrected chi connectivity index (χ1v) is 7.05. The normalized spacial score (nSPS) is 11.0. The van der Waals surface area contributed by atoms with Gasteiger partial charge in [-0.25, -0.2) is 4.79 Å². The van der Waals surface area contributed by atoms with Crippen molar-refractivity contribution in [1.29, 1.82) is 0 Å². The zero-order chi connectivity index (χ0) is 15.5. The highest BCUT2D eigenvalue weighted by Crippen LogP contribution is 2.33. The van der Waals surface area contributed by atoms with Crippen molar-refractivity contribution in [3.63, 3.8) is 0 Å². The highest BCUT2D eigenvalue weighted by Gasteiger charge is 2.23. The topological polar surface area (TPSA) is 29.5 Å². The fraction of sp³-hybridized carbons (Fsp3) is 0.562. The Hall–Kier alpha value is -0.820. The lowest BCUT2D eigenvalue weighted by atomic mass is 9.99. The molecule has 1 amide bonds. The van der Waals surface area contributed by atoms with Gasteiger partial charge in [-0.3, -0.25) is 4.48 Å². The molecule has 1 aromatic carbocycles. The largest absolute Gasteiger partial charge is 1.00 e. The van der Waals surface area contributed by atoms with Crippen molar-refractivity contribution in [3.8, 4) is 5.75 Å². The Morgan fingerprint density at radius 2 is 1.86 bits per heavy atom. The highest BCUT2D eigenvalue weighted by atomic mass is 127. The van der Waals surface area contributed by atoms with Crippen molar-refractivity contribution in [2.24, 2.45) is 0 Å². The van der Waals surface area contributed by atoms with Gasteiger partial charge < -0.3 is 33.6 Å². The Morgan fingerprint density at radius 3 is 2.29 bits per heavy atom. The summed E-state index contributed by atoms with van der Waals surface area (Å²) in [5.41, 5.74) is 2.49. The van der Waals surface area contributed by atoms with Crippen LogP contribution >= 0.6 is 0 Å². The van der Waals surface area contributed by atoms with Crippen LogP contribution in [0.4, 0.5) is 10.5 Å². The van der Waals surface area contributed by atoms with Gasteiger partial charge in [-0.15, -0.1) is 0 Å². The fourth-order valence-electron chi connectivity index (χ4n) is 1.97. The molecule has 4 nitrogen and oxygen atoms in total. The van der Waals surface area contributed by atoms with Crippen LogP contribution in [-0.4, -0.2) is 45.7 Å². The standard InChI is InChI=1S/C16H27N2O2.HI/c1-8-18(6,7)15-10-9-13(11-14(15)12(2)3)20-16(19)17(4)5;/h9-12H,8H2,1-7H3;1H/q+1;/p-1. The van der Waals surface area contributed by atoms with E-state index >= 15 is 0 Å². The molecule has 0 radical (unpaired) electrons. The summed E-state index contributed by atoms with van der Waals surface area (Å²) < 4.78 is 6.16. The van der Waals surface area contributed by atoms with Crippen molar-refractivity contribution < 1.29 is 33.5 Å². The molecule has 0 fully saturated rings. The number of ether oxygens (including phenoxy) is 1. The van der Waals surface area contributed by atoms with Crippen molar-refractivity contribution in [3.05, 3.63) is 23.8 Å². The number of carbonyl (C=O) groups excluding carboxylic acids is 1. The van der Waals surface area contributed by atoms with E-state index in [9.17, 15) is 4.79 Å². The molecular weight excluding hydrogens is 379 g/mol. The summed E-state index contributed by atoms with van der Waals surface area (Å²) in [5.74, 6) is 0.985. The Morgan fingerprint density at radius 1 is 1.29 bits per heavy atom. The third-order valence-corrected chi connectivity index (χ3v) is 3.63. The molecule has 0 N–H and O–H groups in total. The van der Waals surface area contributed by atoms with Crippen LogP contribution in [0.5, 0.6) is 5.75 Å². The van der Waals surface area contributed by atoms with Gasteiger partial charge >= 0.3 is 6.09 Å². The van der Waals surface area contributed by atoms with Gasteiger partial charge in [-0.2, -0.15) is 0 Å². The van der Waals surface area contributed by atoms with Crippen LogP contribution in [0.15, 0.2) is 18.2 Å². The molecule has 1 aromatic rings. The summed E-state index contributed by atoms with van der Waals surface area (Å²) in [6.07, 6.45) is -0.350. The smallest absolute Gasteiger partial charge is 0.414 e. The van der Waals surface area contributed by atoms with Crippen LogP contribution in [0.1, 0.15) is 32.3 Å². The van der Waals surface area contributed by atoms with Gasteiger partial charge in [0.1, 0.15) is 11.4 Å². The third-order valence-electron chi connectivity index (χ3n) is 3.63. The molecule has 120 valence electrons. The monoisotopic (exact) mass is 406 g/mol. The van der Waals surface area contributed by atoms with E-state index in [-0.39, 0.29) is 30.1 Å². The first kappa shape index (κ1) is 20.2. The zero-order valence-electron chi connectivity index (χ0n) is 14.1. The second-order valence-corrected chi connectivity index (χ2v) is 6.14. The lowest BCUT2D eigenvalue weighted by Crippen LogP contribution is -3.00. The number of halogens is 1. The van der Waals surface area contributed by atoms with Crippen molar-refractivity contribution in [1.82, 2.24) is 9.38 Å². The molecule has 0 aliphatic heterocycles. The van der Waals surface area contributed by atoms with E-state index in [0.29, 0.717) is 11.7 Å².